The summed E-state index contributed by atoms with van der Waals surface area (Å²) in [4.78, 5) is 15.1. The highest BCUT2D eigenvalue weighted by atomic mass is 35.5. The third kappa shape index (κ3) is 5.49. The lowest BCUT2D eigenvalue weighted by Crippen LogP contribution is -2.41. The minimum atomic E-state index is -1.12. The molecule has 0 saturated carbocycles. The standard InChI is InChI=1S/C31H28ClF3N8O2S/c1-13(14-5-4-6-39-28(14)37)10-40-30-15-7-17(32)23(24-18(33)8-19(34)27-22(24)16(9-36)29(38)46-27)25(35)26(15)41-31(42-30)45-21-12-44-11-20(21)43(2)3/h4-8,13,20-21H,10-12,38H2,1-3H3,(H2,37,39)(H,40,41,42)/t13-,20-,21+/m0/s1. The van der Waals surface area contributed by atoms with Gasteiger partial charge in [0.05, 0.1) is 34.5 Å². The first-order valence-electron chi connectivity index (χ1n) is 14.1. The molecule has 6 rings (SSSR count). The number of nitrogens with zero attached hydrogens (tertiary/aromatic N) is 5. The van der Waals surface area contributed by atoms with Crippen molar-refractivity contribution in [2.45, 2.75) is 25.0 Å². The van der Waals surface area contributed by atoms with Crippen molar-refractivity contribution < 1.29 is 22.6 Å². The SMILES string of the molecule is C[C@@H](CNc1nc(O[C@@H]2COC[C@@H]2N(C)C)nc2c(F)c(-c3c(F)cc(F)c4sc(N)c(C#N)c34)c(Cl)cc12)c1cccnc1N. The molecule has 0 bridgehead atoms. The number of nitriles is 1. The van der Waals surface area contributed by atoms with E-state index in [2.05, 4.69) is 20.3 Å². The molecule has 0 amide bonds. The van der Waals surface area contributed by atoms with E-state index in [0.29, 0.717) is 25.0 Å². The number of thiophene rings is 1. The second-order valence-corrected chi connectivity index (χ2v) is 12.6. The van der Waals surface area contributed by atoms with E-state index >= 15 is 8.78 Å². The average Bonchev–Trinajstić information content (AvgIpc) is 3.62. The van der Waals surface area contributed by atoms with Crippen molar-refractivity contribution in [3.8, 4) is 23.2 Å². The molecular formula is C31H28ClF3N8O2S. The highest BCUT2D eigenvalue weighted by molar-refractivity contribution is 7.23. The lowest BCUT2D eigenvalue weighted by molar-refractivity contribution is 0.117. The first kappa shape index (κ1) is 31.6. The topological polar surface area (TPSA) is 148 Å². The molecule has 15 heteroatoms. The number of fused-ring (bicyclic) bond motifs is 2. The molecule has 238 valence electrons. The molecule has 10 nitrogen and oxygen atoms in total. The Morgan fingerprint density at radius 1 is 1.20 bits per heavy atom. The molecule has 0 radical (unpaired) electrons. The molecule has 0 unspecified atom stereocenters. The summed E-state index contributed by atoms with van der Waals surface area (Å²) in [6.45, 7) is 2.92. The van der Waals surface area contributed by atoms with E-state index < -0.39 is 34.7 Å². The quantitative estimate of drug-likeness (QED) is 0.182. The summed E-state index contributed by atoms with van der Waals surface area (Å²) in [5.74, 6) is -2.64. The van der Waals surface area contributed by atoms with E-state index in [0.717, 1.165) is 16.9 Å². The van der Waals surface area contributed by atoms with Gasteiger partial charge in [-0.3, -0.25) is 0 Å². The number of benzene rings is 2. The van der Waals surface area contributed by atoms with E-state index in [1.807, 2.05) is 38.1 Å². The molecule has 1 saturated heterocycles. The number of nitrogens with two attached hydrogens (primary N) is 2. The predicted molar refractivity (Wildman–Crippen MR) is 173 cm³/mol. The third-order valence-electron chi connectivity index (χ3n) is 8.02. The Labute approximate surface area is 270 Å². The van der Waals surface area contributed by atoms with Gasteiger partial charge in [-0.25, -0.2) is 18.2 Å². The summed E-state index contributed by atoms with van der Waals surface area (Å²) in [5.41, 5.74) is 11.6. The van der Waals surface area contributed by atoms with Gasteiger partial charge in [0.2, 0.25) is 0 Å². The van der Waals surface area contributed by atoms with Gasteiger partial charge in [-0.2, -0.15) is 15.2 Å². The molecule has 1 aliphatic heterocycles. The zero-order chi connectivity index (χ0) is 32.9. The third-order valence-corrected chi connectivity index (χ3v) is 9.34. The Bertz CT molecular complexity index is 2040. The van der Waals surface area contributed by atoms with E-state index in [1.165, 1.54) is 6.07 Å². The molecule has 0 spiro atoms. The summed E-state index contributed by atoms with van der Waals surface area (Å²) in [7, 11) is 3.77. The number of hydrogen-bond acceptors (Lipinski definition) is 11. The van der Waals surface area contributed by atoms with Gasteiger partial charge < -0.3 is 31.2 Å². The second kappa shape index (κ2) is 12.4. The lowest BCUT2D eigenvalue weighted by atomic mass is 9.96. The fourth-order valence-electron chi connectivity index (χ4n) is 5.63. The summed E-state index contributed by atoms with van der Waals surface area (Å²) in [6.07, 6.45) is 1.13. The van der Waals surface area contributed by atoms with Crippen molar-refractivity contribution in [2.75, 3.05) is 50.6 Å². The van der Waals surface area contributed by atoms with Gasteiger partial charge in [0.25, 0.3) is 0 Å². The van der Waals surface area contributed by atoms with Crippen molar-refractivity contribution in [1.29, 1.82) is 5.26 Å². The van der Waals surface area contributed by atoms with Crippen LogP contribution in [0.25, 0.3) is 32.1 Å². The summed E-state index contributed by atoms with van der Waals surface area (Å²) in [6, 6.07) is 7.24. The Morgan fingerprint density at radius 2 is 1.98 bits per heavy atom. The first-order chi connectivity index (χ1) is 22.0. The molecule has 3 aromatic heterocycles. The minimum absolute atomic E-state index is 0.0392. The van der Waals surface area contributed by atoms with Gasteiger partial charge in [0.1, 0.15) is 46.0 Å². The molecule has 3 atom stereocenters. The largest absolute Gasteiger partial charge is 0.456 e. The van der Waals surface area contributed by atoms with E-state index in [-0.39, 0.29) is 67.0 Å². The van der Waals surface area contributed by atoms with E-state index in [9.17, 15) is 9.65 Å². The van der Waals surface area contributed by atoms with Gasteiger partial charge in [-0.1, -0.05) is 24.6 Å². The molecule has 2 aromatic carbocycles. The Hall–Kier alpha value is -4.42. The maximum absolute atomic E-state index is 16.8. The van der Waals surface area contributed by atoms with Gasteiger partial charge in [0.15, 0.2) is 5.82 Å². The summed E-state index contributed by atoms with van der Waals surface area (Å²) in [5, 5.41) is 12.8. The number of halogens is 4. The predicted octanol–water partition coefficient (Wildman–Crippen LogP) is 5.94. The van der Waals surface area contributed by atoms with Crippen LogP contribution in [0.1, 0.15) is 24.0 Å². The molecule has 1 fully saturated rings. The highest BCUT2D eigenvalue weighted by Crippen LogP contribution is 2.46. The monoisotopic (exact) mass is 668 g/mol. The molecule has 1 aliphatic rings. The number of pyridine rings is 1. The molecule has 46 heavy (non-hydrogen) atoms. The number of rotatable bonds is 8. The van der Waals surface area contributed by atoms with Crippen LogP contribution in [0.15, 0.2) is 30.5 Å². The number of ether oxygens (including phenoxy) is 2. The average molecular weight is 669 g/mol. The van der Waals surface area contributed by atoms with Gasteiger partial charge in [0, 0.05) is 46.6 Å². The first-order valence-corrected chi connectivity index (χ1v) is 15.3. The normalized spacial score (nSPS) is 17.1. The fourth-order valence-corrected chi connectivity index (χ4v) is 6.85. The minimum Gasteiger partial charge on any atom is -0.456 e. The van der Waals surface area contributed by atoms with E-state index in [1.54, 1.807) is 12.3 Å². The highest BCUT2D eigenvalue weighted by Gasteiger charge is 2.33. The van der Waals surface area contributed by atoms with Crippen LogP contribution in [0, 0.1) is 28.8 Å². The Kier molecular flexibility index (Phi) is 8.51. The Balaban J connectivity index is 1.53. The molecular weight excluding hydrogens is 641 g/mol. The van der Waals surface area contributed by atoms with Crippen LogP contribution in [-0.2, 0) is 4.74 Å². The van der Waals surface area contributed by atoms with Crippen LogP contribution in [-0.4, -0.2) is 65.9 Å². The van der Waals surface area contributed by atoms with Crippen LogP contribution in [0.2, 0.25) is 5.02 Å². The van der Waals surface area contributed by atoms with Gasteiger partial charge in [-0.15, -0.1) is 11.3 Å². The Morgan fingerprint density at radius 3 is 2.70 bits per heavy atom. The second-order valence-electron chi connectivity index (χ2n) is 11.2. The number of hydrogen-bond donors (Lipinski definition) is 3. The number of anilines is 3. The number of aromatic nitrogens is 3. The summed E-state index contributed by atoms with van der Waals surface area (Å²) < 4.78 is 58.8. The molecule has 4 heterocycles. The van der Waals surface area contributed by atoms with Crippen molar-refractivity contribution in [2.24, 2.45) is 0 Å². The van der Waals surface area contributed by atoms with Crippen molar-refractivity contribution >= 4 is 60.6 Å². The van der Waals surface area contributed by atoms with Gasteiger partial charge >= 0.3 is 6.01 Å². The number of likely N-dealkylation sites (N-methyl/N-ethyl adjacent to an activating group) is 1. The molecule has 5 aromatic rings. The fraction of sp³-hybridized carbons (Fsp3) is 0.290. The number of nitrogens with one attached hydrogen (secondary N) is 1. The molecule has 5 N–H and O–H groups in total. The van der Waals surface area contributed by atoms with Crippen LogP contribution in [0.4, 0.5) is 29.8 Å². The van der Waals surface area contributed by atoms with Crippen molar-refractivity contribution in [3.63, 3.8) is 0 Å². The molecule has 0 aliphatic carbocycles. The zero-order valence-corrected chi connectivity index (χ0v) is 26.4. The smallest absolute Gasteiger partial charge is 0.319 e. The van der Waals surface area contributed by atoms with E-state index in [4.69, 9.17) is 32.5 Å². The van der Waals surface area contributed by atoms with Crippen LogP contribution in [0.5, 0.6) is 6.01 Å². The van der Waals surface area contributed by atoms with Crippen LogP contribution < -0.4 is 21.5 Å². The maximum Gasteiger partial charge on any atom is 0.319 e. The van der Waals surface area contributed by atoms with Crippen LogP contribution >= 0.6 is 22.9 Å². The number of nitrogen functional groups attached to an aromatic ring is 2. The zero-order valence-electron chi connectivity index (χ0n) is 24.9. The van der Waals surface area contributed by atoms with Crippen LogP contribution in [0.3, 0.4) is 0 Å². The van der Waals surface area contributed by atoms with Crippen molar-refractivity contribution in [1.82, 2.24) is 19.9 Å². The lowest BCUT2D eigenvalue weighted by Gasteiger charge is -2.24. The van der Waals surface area contributed by atoms with Gasteiger partial charge in [-0.05, 0) is 31.8 Å². The summed E-state index contributed by atoms with van der Waals surface area (Å²) >= 11 is 7.43. The van der Waals surface area contributed by atoms with Crippen molar-refractivity contribution in [3.05, 3.63) is 64.1 Å². The maximum atomic E-state index is 16.8.